The lowest BCUT2D eigenvalue weighted by molar-refractivity contribution is -0.104. The molecule has 2 heteroatoms. The van der Waals surface area contributed by atoms with Crippen LogP contribution in [0.3, 0.4) is 0 Å². The summed E-state index contributed by atoms with van der Waals surface area (Å²) in [6, 6.07) is 0. The van der Waals surface area contributed by atoms with Gasteiger partial charge in [-0.25, -0.2) is 0 Å². The number of hydrogen-bond acceptors (Lipinski definition) is 1. The van der Waals surface area contributed by atoms with Crippen molar-refractivity contribution in [1.29, 1.82) is 0 Å². The predicted molar refractivity (Wildman–Crippen MR) is 51.1 cm³/mol. The normalized spacial score (nSPS) is 17.4. The van der Waals surface area contributed by atoms with Gasteiger partial charge in [-0.3, -0.25) is 4.79 Å². The van der Waals surface area contributed by atoms with Gasteiger partial charge in [-0.2, -0.15) is 0 Å². The van der Waals surface area contributed by atoms with Crippen molar-refractivity contribution < 1.29 is 4.79 Å². The van der Waals surface area contributed by atoms with Gasteiger partial charge in [-0.1, -0.05) is 29.3 Å². The van der Waals surface area contributed by atoms with Crippen LogP contribution >= 0.6 is 11.6 Å². The van der Waals surface area contributed by atoms with Gasteiger partial charge in [0.05, 0.1) is 0 Å². The van der Waals surface area contributed by atoms with Gasteiger partial charge >= 0.3 is 0 Å². The topological polar surface area (TPSA) is 17.1 Å². The average Bonchev–Trinajstić information content (AvgIpc) is 2.09. The smallest absolute Gasteiger partial charge is 0.142 e. The fourth-order valence-corrected chi connectivity index (χ4v) is 1.26. The van der Waals surface area contributed by atoms with E-state index in [1.54, 1.807) is 0 Å². The first-order valence-corrected chi connectivity index (χ1v) is 4.35. The Morgan fingerprint density at radius 2 is 2.25 bits per heavy atom. The van der Waals surface area contributed by atoms with E-state index in [4.69, 9.17) is 11.6 Å². The minimum absolute atomic E-state index is 0.798. The summed E-state index contributed by atoms with van der Waals surface area (Å²) in [5.41, 5.74) is 1.33. The van der Waals surface area contributed by atoms with Crippen LogP contribution in [0.1, 0.15) is 19.3 Å². The van der Waals surface area contributed by atoms with E-state index in [2.05, 4.69) is 0 Å². The number of halogens is 1. The maximum Gasteiger partial charge on any atom is 0.142 e. The molecule has 0 aromatic carbocycles. The molecule has 0 fully saturated rings. The van der Waals surface area contributed by atoms with Crippen molar-refractivity contribution in [2.75, 3.05) is 0 Å². The summed E-state index contributed by atoms with van der Waals surface area (Å²) in [7, 11) is 0. The molecule has 1 aliphatic carbocycles. The molecule has 64 valence electrons. The molecule has 0 amide bonds. The van der Waals surface area contributed by atoms with Gasteiger partial charge in [0.2, 0.25) is 0 Å². The maximum absolute atomic E-state index is 9.96. The van der Waals surface area contributed by atoms with Gasteiger partial charge in [0, 0.05) is 5.03 Å². The van der Waals surface area contributed by atoms with Gasteiger partial charge in [0.25, 0.3) is 0 Å². The molecule has 0 saturated heterocycles. The Balaban J connectivity index is 2.43. The third-order valence-electron chi connectivity index (χ3n) is 1.78. The van der Waals surface area contributed by atoms with Crippen LogP contribution in [0.5, 0.6) is 0 Å². The second kappa shape index (κ2) is 4.94. The third-order valence-corrected chi connectivity index (χ3v) is 2.09. The molecule has 0 radical (unpaired) electrons. The zero-order valence-electron chi connectivity index (χ0n) is 6.79. The summed E-state index contributed by atoms with van der Waals surface area (Å²) < 4.78 is 0. The molecule has 0 bridgehead atoms. The first kappa shape index (κ1) is 9.27. The average molecular weight is 183 g/mol. The van der Waals surface area contributed by atoms with E-state index in [1.807, 2.05) is 18.2 Å². The molecule has 0 unspecified atom stereocenters. The summed E-state index contributed by atoms with van der Waals surface area (Å²) >= 11 is 5.79. The lowest BCUT2D eigenvalue weighted by atomic mass is 10.0. The highest BCUT2D eigenvalue weighted by Gasteiger charge is 2.01. The number of carbonyl (C=O) groups excluding carboxylic acids is 1. The molecule has 0 atom stereocenters. The van der Waals surface area contributed by atoms with Crippen molar-refractivity contribution in [2.45, 2.75) is 19.3 Å². The summed E-state index contributed by atoms with van der Waals surface area (Å²) in [5.74, 6) is 0. The number of allylic oxidation sites excluding steroid dienone is 6. The highest BCUT2D eigenvalue weighted by molar-refractivity contribution is 6.29. The van der Waals surface area contributed by atoms with E-state index in [9.17, 15) is 4.79 Å². The van der Waals surface area contributed by atoms with Crippen molar-refractivity contribution in [3.63, 3.8) is 0 Å². The Morgan fingerprint density at radius 3 is 2.83 bits per heavy atom. The highest BCUT2D eigenvalue weighted by atomic mass is 35.5. The van der Waals surface area contributed by atoms with Crippen LogP contribution in [0.15, 0.2) is 34.9 Å². The van der Waals surface area contributed by atoms with Crippen LogP contribution in [0.2, 0.25) is 0 Å². The van der Waals surface area contributed by atoms with E-state index in [-0.39, 0.29) is 0 Å². The first-order valence-electron chi connectivity index (χ1n) is 3.97. The minimum Gasteiger partial charge on any atom is -0.299 e. The molecular weight excluding hydrogens is 172 g/mol. The van der Waals surface area contributed by atoms with E-state index in [0.717, 1.165) is 30.6 Å². The zero-order valence-corrected chi connectivity index (χ0v) is 7.55. The lowest BCUT2D eigenvalue weighted by Gasteiger charge is -2.07. The second-order valence-corrected chi connectivity index (χ2v) is 3.19. The molecule has 1 aliphatic rings. The molecule has 0 heterocycles. The Bertz CT molecular complexity index is 249. The molecule has 1 nitrogen and oxygen atoms in total. The van der Waals surface area contributed by atoms with Gasteiger partial charge in [0.1, 0.15) is 6.29 Å². The molecule has 0 spiro atoms. The van der Waals surface area contributed by atoms with Crippen molar-refractivity contribution in [2.24, 2.45) is 0 Å². The van der Waals surface area contributed by atoms with Crippen LogP contribution in [-0.4, -0.2) is 6.29 Å². The zero-order chi connectivity index (χ0) is 8.81. The molecule has 0 aromatic rings. The maximum atomic E-state index is 9.96. The Labute approximate surface area is 77.4 Å². The fourth-order valence-electron chi connectivity index (χ4n) is 1.10. The van der Waals surface area contributed by atoms with Crippen molar-refractivity contribution in [1.82, 2.24) is 0 Å². The SMILES string of the molecule is O=C/C=C/CC1=CC=C(Cl)CC1. The molecule has 0 aliphatic heterocycles. The molecule has 1 rings (SSSR count). The van der Waals surface area contributed by atoms with Crippen LogP contribution in [-0.2, 0) is 4.79 Å². The van der Waals surface area contributed by atoms with E-state index < -0.39 is 0 Å². The fraction of sp³-hybridized carbons (Fsp3) is 0.300. The number of rotatable bonds is 3. The highest BCUT2D eigenvalue weighted by Crippen LogP contribution is 2.22. The Hall–Kier alpha value is -0.820. The second-order valence-electron chi connectivity index (χ2n) is 2.71. The monoisotopic (exact) mass is 182 g/mol. The van der Waals surface area contributed by atoms with E-state index in [1.165, 1.54) is 11.6 Å². The van der Waals surface area contributed by atoms with Gasteiger partial charge in [0.15, 0.2) is 0 Å². The quantitative estimate of drug-likeness (QED) is 0.485. The number of hydrogen-bond donors (Lipinski definition) is 0. The van der Waals surface area contributed by atoms with Crippen LogP contribution in [0.25, 0.3) is 0 Å². The minimum atomic E-state index is 0.798. The standard InChI is InChI=1S/C10H11ClO/c11-10-6-4-9(5-7-10)3-1-2-8-12/h1-2,4,6,8H,3,5,7H2/b2-1+. The molecule has 0 N–H and O–H groups in total. The van der Waals surface area contributed by atoms with E-state index in [0.29, 0.717) is 0 Å². The van der Waals surface area contributed by atoms with Crippen molar-refractivity contribution in [3.05, 3.63) is 34.9 Å². The summed E-state index contributed by atoms with van der Waals surface area (Å²) in [4.78, 5) is 9.96. The molecular formula is C10H11ClO. The first-order chi connectivity index (χ1) is 5.83. The number of aldehydes is 1. The Kier molecular flexibility index (Phi) is 3.81. The van der Waals surface area contributed by atoms with Crippen molar-refractivity contribution >= 4 is 17.9 Å². The van der Waals surface area contributed by atoms with Gasteiger partial charge in [-0.15, -0.1) is 0 Å². The molecule has 0 saturated carbocycles. The molecule has 0 aromatic heterocycles. The van der Waals surface area contributed by atoms with Crippen molar-refractivity contribution in [3.8, 4) is 0 Å². The van der Waals surface area contributed by atoms with Gasteiger partial charge < -0.3 is 0 Å². The summed E-state index contributed by atoms with van der Waals surface area (Å²) in [6.07, 6.45) is 11.0. The summed E-state index contributed by atoms with van der Waals surface area (Å²) in [6.45, 7) is 0. The van der Waals surface area contributed by atoms with Crippen LogP contribution in [0, 0.1) is 0 Å². The third kappa shape index (κ3) is 3.05. The number of carbonyl (C=O) groups is 1. The van der Waals surface area contributed by atoms with Crippen LogP contribution < -0.4 is 0 Å². The lowest BCUT2D eigenvalue weighted by Crippen LogP contribution is -1.88. The summed E-state index contributed by atoms with van der Waals surface area (Å²) in [5, 5.41) is 0.915. The molecule has 12 heavy (non-hydrogen) atoms. The predicted octanol–water partition coefficient (Wildman–Crippen LogP) is 2.97. The van der Waals surface area contributed by atoms with Gasteiger partial charge in [-0.05, 0) is 31.4 Å². The largest absolute Gasteiger partial charge is 0.299 e. The Morgan fingerprint density at radius 1 is 1.42 bits per heavy atom. The van der Waals surface area contributed by atoms with Crippen LogP contribution in [0.4, 0.5) is 0 Å². The van der Waals surface area contributed by atoms with E-state index >= 15 is 0 Å².